The van der Waals surface area contributed by atoms with Gasteiger partial charge in [-0.05, 0) is 169 Å². The molecule has 10 rings (SSSR count). The van der Waals surface area contributed by atoms with Crippen molar-refractivity contribution in [3.8, 4) is 22.3 Å². The second-order valence-corrected chi connectivity index (χ2v) is 22.3. The first kappa shape index (κ1) is 38.3. The molecule has 2 aliphatic rings. The fraction of sp³-hybridized carbons (Fsp3) is 0.378. The minimum atomic E-state index is -5.36. The number of fused-ring (bicyclic) bond motifs is 2. The number of nitrogens with zero attached hydrogens (tertiary/aromatic N) is 8. The quantitative estimate of drug-likeness (QED) is 0.0295. The van der Waals surface area contributed by atoms with Crippen molar-refractivity contribution in [3.63, 3.8) is 0 Å². The molecule has 96 heavy (non-hydrogen) atoms. The van der Waals surface area contributed by atoms with Crippen molar-refractivity contribution < 1.29 is 94.1 Å². The number of benzene rings is 6. The summed E-state index contributed by atoms with van der Waals surface area (Å²) < 4.78 is 419. The van der Waals surface area contributed by atoms with E-state index in [9.17, 15) is 59.8 Å². The Hall–Kier alpha value is -7.92. The Morgan fingerprint density at radius 1 is 0.573 bits per heavy atom. The molecule has 12 nitrogen and oxygen atoms in total. The molecular weight excluding hydrogens is 1280 g/mol. The van der Waals surface area contributed by atoms with Crippen molar-refractivity contribution in [2.45, 2.75) is 134 Å². The van der Waals surface area contributed by atoms with E-state index in [-0.39, 0.29) is 60.0 Å². The van der Waals surface area contributed by atoms with Crippen molar-refractivity contribution in [2.75, 3.05) is 52.0 Å². The number of rotatable bonds is 26. The summed E-state index contributed by atoms with van der Waals surface area (Å²) in [5.74, 6) is -9.84. The Labute approximate surface area is 614 Å². The van der Waals surface area contributed by atoms with E-state index >= 15 is 0 Å². The molecule has 2 amide bonds. The summed E-state index contributed by atoms with van der Waals surface area (Å²) in [6.07, 6.45) is -15.7. The van der Waals surface area contributed by atoms with E-state index in [0.29, 0.717) is 59.5 Å². The third-order valence-electron chi connectivity index (χ3n) is 14.0. The van der Waals surface area contributed by atoms with E-state index in [0.717, 1.165) is 44.4 Å². The maximum atomic E-state index is 14.9. The van der Waals surface area contributed by atoms with E-state index in [4.69, 9.17) is 43.9 Å². The van der Waals surface area contributed by atoms with Gasteiger partial charge in [-0.2, -0.15) is 36.3 Å². The van der Waals surface area contributed by atoms with Crippen molar-refractivity contribution in [3.05, 3.63) is 233 Å². The third kappa shape index (κ3) is 19.0. The summed E-state index contributed by atoms with van der Waals surface area (Å²) in [6, 6.07) is -6.71. The molecule has 1 unspecified atom stereocenters. The molecular formula is C74H80F8N8O4S2. The molecule has 6 aromatic carbocycles. The van der Waals surface area contributed by atoms with Crippen LogP contribution in [0.2, 0.25) is 0 Å². The van der Waals surface area contributed by atoms with Crippen LogP contribution in [0.3, 0.4) is 0 Å². The van der Waals surface area contributed by atoms with Gasteiger partial charge in [-0.15, -0.1) is 0 Å². The van der Waals surface area contributed by atoms with Crippen LogP contribution in [0.1, 0.15) is 152 Å². The molecule has 8 aromatic rings. The Balaban J connectivity index is 0.000000297. The second kappa shape index (κ2) is 32.9. The summed E-state index contributed by atoms with van der Waals surface area (Å²) in [5, 5.41) is -0.998. The van der Waals surface area contributed by atoms with Crippen LogP contribution in [0, 0.1) is 24.5 Å². The number of carbonyl (C=O) groups is 2. The predicted molar refractivity (Wildman–Crippen MR) is 362 cm³/mol. The summed E-state index contributed by atoms with van der Waals surface area (Å²) in [5.41, 5.74) is -9.67. The van der Waals surface area contributed by atoms with Gasteiger partial charge in [-0.1, -0.05) is 149 Å². The first-order valence-electron chi connectivity index (χ1n) is 46.6. The van der Waals surface area contributed by atoms with Gasteiger partial charge in [-0.3, -0.25) is 19.2 Å². The third-order valence-corrected chi connectivity index (χ3v) is 16.1. The number of thioether (sulfide) groups is 2. The van der Waals surface area contributed by atoms with Gasteiger partial charge >= 0.3 is 12.4 Å². The summed E-state index contributed by atoms with van der Waals surface area (Å²) in [4.78, 5) is 64.7. The molecule has 0 N–H and O–H groups in total. The number of carbonyl (C=O) groups excluding carboxylic acids is 2. The van der Waals surface area contributed by atoms with Crippen LogP contribution in [-0.4, -0.2) is 102 Å². The highest BCUT2D eigenvalue weighted by Gasteiger charge is 2.33. The second-order valence-electron chi connectivity index (χ2n) is 20.5. The van der Waals surface area contributed by atoms with E-state index in [1.807, 2.05) is 0 Å². The number of aromatic nitrogens is 4. The van der Waals surface area contributed by atoms with Gasteiger partial charge in [0.2, 0.25) is 11.8 Å². The normalized spacial score (nSPS) is 22.0. The minimum Gasteiger partial charge on any atom is -0.336 e. The molecule has 508 valence electrons. The van der Waals surface area contributed by atoms with Crippen molar-refractivity contribution in [1.29, 1.82) is 0 Å². The molecule has 0 fully saturated rings. The van der Waals surface area contributed by atoms with Crippen LogP contribution in [0.4, 0.5) is 35.1 Å². The van der Waals surface area contributed by atoms with Crippen LogP contribution in [-0.2, 0) is 85.2 Å². The highest BCUT2D eigenvalue weighted by molar-refractivity contribution is 7.98. The van der Waals surface area contributed by atoms with Gasteiger partial charge in [0.15, 0.2) is 10.3 Å². The fourth-order valence-corrected chi connectivity index (χ4v) is 11.0. The van der Waals surface area contributed by atoms with Crippen LogP contribution >= 0.6 is 23.5 Å². The fourth-order valence-electron chi connectivity index (χ4n) is 9.23. The number of alkyl halides is 6. The van der Waals surface area contributed by atoms with Crippen LogP contribution in [0.15, 0.2) is 159 Å². The van der Waals surface area contributed by atoms with Gasteiger partial charge in [0.1, 0.15) is 24.7 Å². The Morgan fingerprint density at radius 3 is 1.54 bits per heavy atom. The molecule has 2 aliphatic carbocycles. The lowest BCUT2D eigenvalue weighted by Gasteiger charge is -2.28. The molecule has 0 radical (unpaired) electrons. The molecule has 0 bridgehead atoms. The van der Waals surface area contributed by atoms with Gasteiger partial charge in [0, 0.05) is 96.4 Å². The average Bonchev–Trinajstić information content (AvgIpc) is 1.53. The number of hydrogen-bond acceptors (Lipinski definition) is 10. The molecule has 0 saturated carbocycles. The highest BCUT2D eigenvalue weighted by Crippen LogP contribution is 2.35. The lowest BCUT2D eigenvalue weighted by Crippen LogP contribution is -2.40. The van der Waals surface area contributed by atoms with E-state index < -0.39 is 301 Å². The molecule has 0 spiro atoms. The smallest absolute Gasteiger partial charge is 0.336 e. The maximum absolute atomic E-state index is 14.9. The summed E-state index contributed by atoms with van der Waals surface area (Å²) in [6.45, 7) is -27.1. The number of halogens is 8. The molecule has 1 atom stereocenters. The van der Waals surface area contributed by atoms with Gasteiger partial charge in [0.05, 0.1) is 37.2 Å². The zero-order chi connectivity index (χ0) is 101. The molecule has 0 saturated heterocycles. The predicted octanol–water partition coefficient (Wildman–Crippen LogP) is 15.0. The van der Waals surface area contributed by atoms with Gasteiger partial charge in [-0.25, -0.2) is 8.78 Å². The van der Waals surface area contributed by atoms with Crippen LogP contribution in [0.25, 0.3) is 22.3 Å². The number of amides is 2. The van der Waals surface area contributed by atoms with Crippen molar-refractivity contribution in [1.82, 2.24) is 38.7 Å². The first-order valence-corrected chi connectivity index (χ1v) is 30.5. The van der Waals surface area contributed by atoms with E-state index in [1.54, 1.807) is 0 Å². The summed E-state index contributed by atoms with van der Waals surface area (Å²) >= 11 is 0.987. The topological polar surface area (TPSA) is 117 Å². The zero-order valence-corrected chi connectivity index (χ0v) is 53.2. The van der Waals surface area contributed by atoms with Gasteiger partial charge in [0.25, 0.3) is 11.1 Å². The maximum Gasteiger partial charge on any atom is 0.416 e. The SMILES string of the molecule is [2H]c1c([2H])c(CSc2nc(=O)c3c(n2CC(=O)N(Cc2c([2H])c([2H])c(-c4c([2H])c([2H])c(C(F)(F)F)c([2H])c4[2H])c([2H])c2C)C([2H])([2H])C([2H])([2H])N(C([2H])([2H])C)C([2H])([2H])C)CCC3)c([2H])c([2H])c1F.[2H]c1c([2H])c(CSc2nc(=O)c3c(n2CC(=O)N(Cc2ccc(-c4ccc(C(F)(F)F)cc4)cc2)C([2H])([2H])C([2H])([2H])N(C([2H])([2H])C)C([2H])([2H])C)C([2H])([2H])C([2H])(C)C3([2H])[2H])c([2H])c([2H])c1F. The molecule has 22 heteroatoms. The number of likely N-dealkylation sites (N-methyl/N-ethyl adjacent to an activating group) is 2. The van der Waals surface area contributed by atoms with Crippen LogP contribution in [0.5, 0.6) is 0 Å². The Morgan fingerprint density at radius 2 is 1.04 bits per heavy atom. The van der Waals surface area contributed by atoms with Gasteiger partial charge < -0.3 is 28.7 Å². The molecule has 2 heterocycles. The van der Waals surface area contributed by atoms with Crippen molar-refractivity contribution >= 4 is 35.3 Å². The average molecular weight is 1400 g/mol. The number of hydrogen-bond donors (Lipinski definition) is 0. The lowest BCUT2D eigenvalue weighted by atomic mass is 9.98. The van der Waals surface area contributed by atoms with E-state index in [2.05, 4.69) is 9.97 Å². The zero-order valence-electron chi connectivity index (χ0n) is 87.5. The molecule has 0 aliphatic heterocycles. The van der Waals surface area contributed by atoms with Crippen molar-refractivity contribution in [2.24, 2.45) is 5.89 Å². The Bertz CT molecular complexity index is 5900. The summed E-state index contributed by atoms with van der Waals surface area (Å²) in [7, 11) is 0. The van der Waals surface area contributed by atoms with E-state index in [1.165, 1.54) is 36.4 Å². The minimum absolute atomic E-state index is 0.0159. The standard InChI is InChI=1S/2C37H40F4N4O2S/c1-4-43(5-2)18-19-44(22-26-6-10-28(11-7-26)29-12-14-30(15-13-29)37(39,40)41)34(46)23-45-33-21-25(3)20-32(33)35(47)42-36(45)48-24-27-8-16-31(38)17-9-27;1-4-43(5-2)19-20-44(22-29-12-11-28(21-25(29)3)27-13-15-30(16-14-27)37(39,40)41)34(46)23-45-33-8-6-7-32(33)35(47)42-36(45)48-24-26-9-17-31(38)18-10-26/h6-17,25H,4-5,18-24H2,1-3H3;9-18,21H,4-8,19-20,22-24H2,1-3H3/i4D2,5D2,8D,9D,16D,17D,18D2,19D2,20D2,21D2,25D;4D2,5D2,9D,10D,11D,12D,13D,14D,15D,16D,17D,18D,19D2,20D2,21D. The van der Waals surface area contributed by atoms with Crippen LogP contribution < -0.4 is 11.1 Å². The first-order chi connectivity index (χ1) is 59.8. The monoisotopic (exact) mass is 1400 g/mol. The molecule has 2 aromatic heterocycles. The highest BCUT2D eigenvalue weighted by atomic mass is 32.2. The largest absolute Gasteiger partial charge is 0.416 e. The lowest BCUT2D eigenvalue weighted by molar-refractivity contribution is -0.138. The Kier molecular flexibility index (Phi) is 13.1.